The van der Waals surface area contributed by atoms with Gasteiger partial charge in [-0.05, 0) is 24.1 Å². The Morgan fingerprint density at radius 2 is 2.09 bits per heavy atom. The predicted octanol–water partition coefficient (Wildman–Crippen LogP) is 2.64. The molecule has 3 heteroatoms. The van der Waals surface area contributed by atoms with Crippen molar-refractivity contribution in [1.29, 1.82) is 0 Å². The quantitative estimate of drug-likeness (QED) is 0.797. The first kappa shape index (κ1) is 11.0. The first-order valence-electron chi connectivity index (χ1n) is 3.19. The molecule has 0 atom stereocenters. The smallest absolute Gasteiger partial charge is 0.0207 e. The van der Waals surface area contributed by atoms with E-state index in [0.29, 0.717) is 6.54 Å². The van der Waals surface area contributed by atoms with Crippen LogP contribution in [-0.4, -0.2) is 0 Å². The van der Waals surface area contributed by atoms with Crippen LogP contribution in [0.15, 0.2) is 22.7 Å². The average Bonchev–Trinajstić information content (AvgIpc) is 1.95. The average molecular weight is 237 g/mol. The first-order valence-corrected chi connectivity index (χ1v) is 3.99. The molecule has 0 aliphatic rings. The summed E-state index contributed by atoms with van der Waals surface area (Å²) in [4.78, 5) is 0. The van der Waals surface area contributed by atoms with Crippen LogP contribution in [0.5, 0.6) is 0 Å². The second kappa shape index (κ2) is 4.75. The number of nitrogens with two attached hydrogens (primary N) is 1. The van der Waals surface area contributed by atoms with Crippen molar-refractivity contribution in [3.63, 3.8) is 0 Å². The molecule has 1 nitrogen and oxygen atoms in total. The molecule has 0 aliphatic heterocycles. The van der Waals surface area contributed by atoms with Crippen molar-refractivity contribution in [2.45, 2.75) is 13.5 Å². The lowest BCUT2D eigenvalue weighted by atomic mass is 10.1. The maximum Gasteiger partial charge on any atom is 0.0207 e. The molecule has 0 aliphatic carbocycles. The fourth-order valence-electron chi connectivity index (χ4n) is 0.873. The summed E-state index contributed by atoms with van der Waals surface area (Å²) in [6.45, 7) is 2.68. The van der Waals surface area contributed by atoms with E-state index in [1.807, 2.05) is 18.2 Å². The Balaban J connectivity index is 0.000001000. The maximum absolute atomic E-state index is 5.50. The van der Waals surface area contributed by atoms with E-state index in [9.17, 15) is 0 Å². The Labute approximate surface area is 81.5 Å². The molecular weight excluding hydrogens is 225 g/mol. The monoisotopic (exact) mass is 235 g/mol. The standard InChI is InChI=1S/C8H10BrN.ClH/c1-6-7(5-10)3-2-4-8(6)9;/h2-4H,5,10H2,1H3;1H. The summed E-state index contributed by atoms with van der Waals surface area (Å²) >= 11 is 3.43. The topological polar surface area (TPSA) is 26.0 Å². The second-order valence-corrected chi connectivity index (χ2v) is 3.08. The third kappa shape index (κ3) is 2.47. The molecule has 0 saturated carbocycles. The normalized spacial score (nSPS) is 9.00. The summed E-state index contributed by atoms with van der Waals surface area (Å²) in [5, 5.41) is 0. The van der Waals surface area contributed by atoms with Crippen LogP contribution in [0.25, 0.3) is 0 Å². The third-order valence-corrected chi connectivity index (χ3v) is 2.46. The van der Waals surface area contributed by atoms with E-state index in [1.54, 1.807) is 0 Å². The van der Waals surface area contributed by atoms with Gasteiger partial charge in [-0.25, -0.2) is 0 Å². The molecule has 2 N–H and O–H groups in total. The van der Waals surface area contributed by atoms with Crippen molar-refractivity contribution >= 4 is 28.3 Å². The molecule has 1 rings (SSSR count). The van der Waals surface area contributed by atoms with E-state index < -0.39 is 0 Å². The number of rotatable bonds is 1. The predicted molar refractivity (Wildman–Crippen MR) is 54.0 cm³/mol. The fourth-order valence-corrected chi connectivity index (χ4v) is 1.28. The Morgan fingerprint density at radius 1 is 1.45 bits per heavy atom. The summed E-state index contributed by atoms with van der Waals surface area (Å²) in [6, 6.07) is 6.06. The van der Waals surface area contributed by atoms with Crippen molar-refractivity contribution in [2.24, 2.45) is 5.73 Å². The lowest BCUT2D eigenvalue weighted by molar-refractivity contribution is 1.05. The molecule has 0 radical (unpaired) electrons. The van der Waals surface area contributed by atoms with E-state index in [2.05, 4.69) is 22.9 Å². The van der Waals surface area contributed by atoms with Crippen LogP contribution < -0.4 is 5.73 Å². The van der Waals surface area contributed by atoms with Gasteiger partial charge in [-0.1, -0.05) is 28.1 Å². The van der Waals surface area contributed by atoms with Crippen molar-refractivity contribution in [3.8, 4) is 0 Å². The van der Waals surface area contributed by atoms with Crippen LogP contribution in [-0.2, 0) is 6.54 Å². The summed E-state index contributed by atoms with van der Waals surface area (Å²) < 4.78 is 1.13. The Morgan fingerprint density at radius 3 is 2.55 bits per heavy atom. The van der Waals surface area contributed by atoms with Crippen molar-refractivity contribution in [3.05, 3.63) is 33.8 Å². The van der Waals surface area contributed by atoms with E-state index in [4.69, 9.17) is 5.73 Å². The van der Waals surface area contributed by atoms with Crippen LogP contribution >= 0.6 is 28.3 Å². The van der Waals surface area contributed by atoms with Crippen LogP contribution in [0.3, 0.4) is 0 Å². The number of benzene rings is 1. The van der Waals surface area contributed by atoms with Gasteiger partial charge in [-0.15, -0.1) is 12.4 Å². The summed E-state index contributed by atoms with van der Waals surface area (Å²) in [5.74, 6) is 0. The summed E-state index contributed by atoms with van der Waals surface area (Å²) in [5.41, 5.74) is 7.94. The zero-order valence-electron chi connectivity index (χ0n) is 6.30. The van der Waals surface area contributed by atoms with E-state index in [1.165, 1.54) is 11.1 Å². The van der Waals surface area contributed by atoms with Gasteiger partial charge in [0, 0.05) is 11.0 Å². The molecule has 0 unspecified atom stereocenters. The molecule has 0 amide bonds. The van der Waals surface area contributed by atoms with Crippen molar-refractivity contribution in [1.82, 2.24) is 0 Å². The van der Waals surface area contributed by atoms with Gasteiger partial charge < -0.3 is 5.73 Å². The van der Waals surface area contributed by atoms with E-state index >= 15 is 0 Å². The molecule has 0 fully saturated rings. The lowest BCUT2D eigenvalue weighted by Crippen LogP contribution is -1.98. The zero-order chi connectivity index (χ0) is 7.56. The van der Waals surface area contributed by atoms with Gasteiger partial charge in [0.25, 0.3) is 0 Å². The highest BCUT2D eigenvalue weighted by atomic mass is 79.9. The van der Waals surface area contributed by atoms with Gasteiger partial charge >= 0.3 is 0 Å². The van der Waals surface area contributed by atoms with E-state index in [-0.39, 0.29) is 12.4 Å². The molecule has 1 aromatic carbocycles. The van der Waals surface area contributed by atoms with Crippen LogP contribution in [0.1, 0.15) is 11.1 Å². The highest BCUT2D eigenvalue weighted by Gasteiger charge is 1.97. The summed E-state index contributed by atoms with van der Waals surface area (Å²) in [6.07, 6.45) is 0. The highest BCUT2D eigenvalue weighted by molar-refractivity contribution is 9.10. The van der Waals surface area contributed by atoms with E-state index in [0.717, 1.165) is 4.47 Å². The van der Waals surface area contributed by atoms with Gasteiger partial charge in [-0.3, -0.25) is 0 Å². The Hall–Kier alpha value is -0.0500. The second-order valence-electron chi connectivity index (χ2n) is 2.23. The molecule has 1 aromatic rings. The maximum atomic E-state index is 5.50. The molecule has 0 saturated heterocycles. The van der Waals surface area contributed by atoms with Gasteiger partial charge in [0.2, 0.25) is 0 Å². The Kier molecular flexibility index (Phi) is 4.73. The molecular formula is C8H11BrClN. The zero-order valence-corrected chi connectivity index (χ0v) is 8.71. The number of hydrogen-bond donors (Lipinski definition) is 1. The highest BCUT2D eigenvalue weighted by Crippen LogP contribution is 2.18. The number of hydrogen-bond acceptors (Lipinski definition) is 1. The third-order valence-electron chi connectivity index (χ3n) is 1.60. The molecule has 0 spiro atoms. The van der Waals surface area contributed by atoms with Crippen LogP contribution in [0, 0.1) is 6.92 Å². The minimum Gasteiger partial charge on any atom is -0.326 e. The van der Waals surface area contributed by atoms with Crippen molar-refractivity contribution in [2.75, 3.05) is 0 Å². The molecule has 0 aromatic heterocycles. The molecule has 0 bridgehead atoms. The van der Waals surface area contributed by atoms with Crippen molar-refractivity contribution < 1.29 is 0 Å². The molecule has 0 heterocycles. The Bertz CT molecular complexity index is 238. The van der Waals surface area contributed by atoms with Crippen LogP contribution in [0.2, 0.25) is 0 Å². The van der Waals surface area contributed by atoms with Crippen LogP contribution in [0.4, 0.5) is 0 Å². The number of halogens is 2. The minimum absolute atomic E-state index is 0. The van der Waals surface area contributed by atoms with Gasteiger partial charge in [0.15, 0.2) is 0 Å². The summed E-state index contributed by atoms with van der Waals surface area (Å²) in [7, 11) is 0. The van der Waals surface area contributed by atoms with Gasteiger partial charge in [0.1, 0.15) is 0 Å². The molecule has 62 valence electrons. The lowest BCUT2D eigenvalue weighted by Gasteiger charge is -2.02. The molecule has 11 heavy (non-hydrogen) atoms. The van der Waals surface area contributed by atoms with Gasteiger partial charge in [0.05, 0.1) is 0 Å². The van der Waals surface area contributed by atoms with Gasteiger partial charge in [-0.2, -0.15) is 0 Å². The SMILES string of the molecule is Cc1c(Br)cccc1CN.Cl. The fraction of sp³-hybridized carbons (Fsp3) is 0.250. The largest absolute Gasteiger partial charge is 0.326 e. The minimum atomic E-state index is 0. The first-order chi connectivity index (χ1) is 4.75.